The van der Waals surface area contributed by atoms with Crippen LogP contribution in [0.25, 0.3) is 0 Å². The molecule has 4 nitrogen and oxygen atoms in total. The maximum absolute atomic E-state index is 5.90. The van der Waals surface area contributed by atoms with Gasteiger partial charge in [-0.05, 0) is 36.9 Å². The van der Waals surface area contributed by atoms with E-state index in [1.54, 1.807) is 6.20 Å². The van der Waals surface area contributed by atoms with Crippen molar-refractivity contribution in [3.8, 4) is 11.5 Å². The molecular formula is C16H17ClN2O2. The maximum Gasteiger partial charge on any atom is 0.161 e. The van der Waals surface area contributed by atoms with Gasteiger partial charge in [0, 0.05) is 12.6 Å². The van der Waals surface area contributed by atoms with E-state index in [4.69, 9.17) is 21.1 Å². The fourth-order valence-corrected chi connectivity index (χ4v) is 2.51. The monoisotopic (exact) mass is 304 g/mol. The molecule has 110 valence electrons. The smallest absolute Gasteiger partial charge is 0.161 e. The largest absolute Gasteiger partial charge is 0.490 e. The van der Waals surface area contributed by atoms with Crippen molar-refractivity contribution >= 4 is 11.6 Å². The van der Waals surface area contributed by atoms with E-state index in [0.717, 1.165) is 29.2 Å². The highest BCUT2D eigenvalue weighted by Gasteiger charge is 2.17. The highest BCUT2D eigenvalue weighted by Crippen LogP contribution is 2.33. The lowest BCUT2D eigenvalue weighted by Crippen LogP contribution is -2.18. The summed E-state index contributed by atoms with van der Waals surface area (Å²) >= 11 is 5.90. The van der Waals surface area contributed by atoms with Crippen molar-refractivity contribution in [1.82, 2.24) is 10.3 Å². The van der Waals surface area contributed by atoms with Gasteiger partial charge in [0.2, 0.25) is 0 Å². The topological polar surface area (TPSA) is 43.4 Å². The number of nitrogens with zero attached hydrogens (tertiary/aromatic N) is 1. The van der Waals surface area contributed by atoms with Crippen LogP contribution in [0.15, 0.2) is 36.5 Å². The molecule has 1 aromatic carbocycles. The van der Waals surface area contributed by atoms with E-state index in [2.05, 4.69) is 10.3 Å². The Kier molecular flexibility index (Phi) is 4.27. The SMILES string of the molecule is CNC(c1ccc2c(c1)OCCCO2)c1ccc(Cl)cn1. The molecule has 1 aliphatic heterocycles. The van der Waals surface area contributed by atoms with Crippen LogP contribution in [-0.2, 0) is 0 Å². The Balaban J connectivity index is 1.93. The molecule has 0 saturated carbocycles. The van der Waals surface area contributed by atoms with Gasteiger partial charge in [-0.1, -0.05) is 17.7 Å². The van der Waals surface area contributed by atoms with Crippen LogP contribution in [0.4, 0.5) is 0 Å². The molecule has 0 amide bonds. The quantitative estimate of drug-likeness (QED) is 0.945. The highest BCUT2D eigenvalue weighted by molar-refractivity contribution is 6.30. The van der Waals surface area contributed by atoms with Crippen LogP contribution in [0.3, 0.4) is 0 Å². The zero-order valence-electron chi connectivity index (χ0n) is 11.8. The van der Waals surface area contributed by atoms with Crippen molar-refractivity contribution in [2.24, 2.45) is 0 Å². The third-order valence-corrected chi connectivity index (χ3v) is 3.66. The summed E-state index contributed by atoms with van der Waals surface area (Å²) < 4.78 is 11.4. The zero-order chi connectivity index (χ0) is 14.7. The van der Waals surface area contributed by atoms with Crippen LogP contribution < -0.4 is 14.8 Å². The molecule has 3 rings (SSSR count). The van der Waals surface area contributed by atoms with Crippen LogP contribution in [0.2, 0.25) is 5.02 Å². The number of benzene rings is 1. The summed E-state index contributed by atoms with van der Waals surface area (Å²) in [7, 11) is 1.91. The number of nitrogens with one attached hydrogen (secondary N) is 1. The molecule has 5 heteroatoms. The molecule has 2 heterocycles. The van der Waals surface area contributed by atoms with Crippen molar-refractivity contribution in [3.05, 3.63) is 52.8 Å². The number of rotatable bonds is 3. The second kappa shape index (κ2) is 6.33. The summed E-state index contributed by atoms with van der Waals surface area (Å²) in [4.78, 5) is 4.39. The fraction of sp³-hybridized carbons (Fsp3) is 0.312. The molecular weight excluding hydrogens is 288 g/mol. The lowest BCUT2D eigenvalue weighted by molar-refractivity contribution is 0.297. The molecule has 0 saturated heterocycles. The van der Waals surface area contributed by atoms with Gasteiger partial charge in [-0.3, -0.25) is 4.98 Å². The lowest BCUT2D eigenvalue weighted by atomic mass is 10.0. The molecule has 0 bridgehead atoms. The Morgan fingerprint density at radius 3 is 2.67 bits per heavy atom. The van der Waals surface area contributed by atoms with E-state index in [9.17, 15) is 0 Å². The highest BCUT2D eigenvalue weighted by atomic mass is 35.5. The van der Waals surface area contributed by atoms with Gasteiger partial charge >= 0.3 is 0 Å². The molecule has 1 aromatic heterocycles. The summed E-state index contributed by atoms with van der Waals surface area (Å²) in [6.45, 7) is 1.38. The normalized spacial score (nSPS) is 15.3. The van der Waals surface area contributed by atoms with E-state index in [-0.39, 0.29) is 6.04 Å². The van der Waals surface area contributed by atoms with Gasteiger partial charge < -0.3 is 14.8 Å². The minimum Gasteiger partial charge on any atom is -0.490 e. The fourth-order valence-electron chi connectivity index (χ4n) is 2.40. The first-order valence-electron chi connectivity index (χ1n) is 6.96. The number of ether oxygens (including phenoxy) is 2. The van der Waals surface area contributed by atoms with Gasteiger partial charge in [0.25, 0.3) is 0 Å². The first-order chi connectivity index (χ1) is 10.3. The second-order valence-electron chi connectivity index (χ2n) is 4.88. The Morgan fingerprint density at radius 1 is 1.14 bits per heavy atom. The third kappa shape index (κ3) is 3.12. The summed E-state index contributed by atoms with van der Waals surface area (Å²) in [6.07, 6.45) is 2.56. The first kappa shape index (κ1) is 14.2. The van der Waals surface area contributed by atoms with Crippen molar-refractivity contribution in [1.29, 1.82) is 0 Å². The zero-order valence-corrected chi connectivity index (χ0v) is 12.6. The van der Waals surface area contributed by atoms with Crippen molar-refractivity contribution in [2.75, 3.05) is 20.3 Å². The summed E-state index contributed by atoms with van der Waals surface area (Å²) in [5.41, 5.74) is 1.99. The van der Waals surface area contributed by atoms with E-state index < -0.39 is 0 Å². The minimum absolute atomic E-state index is 0.0144. The predicted molar refractivity (Wildman–Crippen MR) is 82.2 cm³/mol. The average molecular weight is 305 g/mol. The van der Waals surface area contributed by atoms with E-state index in [1.807, 2.05) is 37.4 Å². The Labute approximate surface area is 129 Å². The molecule has 1 aliphatic rings. The Hall–Kier alpha value is -1.78. The number of hydrogen-bond donors (Lipinski definition) is 1. The number of hydrogen-bond acceptors (Lipinski definition) is 4. The Morgan fingerprint density at radius 2 is 1.95 bits per heavy atom. The van der Waals surface area contributed by atoms with Gasteiger partial charge in [0.15, 0.2) is 11.5 Å². The van der Waals surface area contributed by atoms with Gasteiger partial charge in [0.05, 0.1) is 30.0 Å². The predicted octanol–water partition coefficient (Wildman–Crippen LogP) is 3.21. The summed E-state index contributed by atoms with van der Waals surface area (Å²) in [5.74, 6) is 1.59. The van der Waals surface area contributed by atoms with Gasteiger partial charge in [-0.15, -0.1) is 0 Å². The molecule has 1 N–H and O–H groups in total. The summed E-state index contributed by atoms with van der Waals surface area (Å²) in [5, 5.41) is 3.91. The van der Waals surface area contributed by atoms with E-state index in [0.29, 0.717) is 18.2 Å². The van der Waals surface area contributed by atoms with Crippen LogP contribution in [0.5, 0.6) is 11.5 Å². The summed E-state index contributed by atoms with van der Waals surface area (Å²) in [6, 6.07) is 9.75. The molecule has 1 atom stereocenters. The van der Waals surface area contributed by atoms with E-state index in [1.165, 1.54) is 0 Å². The van der Waals surface area contributed by atoms with Gasteiger partial charge in [0.1, 0.15) is 0 Å². The van der Waals surface area contributed by atoms with Crippen LogP contribution in [-0.4, -0.2) is 25.2 Å². The number of aromatic nitrogens is 1. The van der Waals surface area contributed by atoms with Crippen molar-refractivity contribution in [3.63, 3.8) is 0 Å². The van der Waals surface area contributed by atoms with E-state index >= 15 is 0 Å². The number of pyridine rings is 1. The minimum atomic E-state index is -0.0144. The van der Waals surface area contributed by atoms with Crippen molar-refractivity contribution in [2.45, 2.75) is 12.5 Å². The standard InChI is InChI=1S/C16H17ClN2O2/c1-18-16(13-5-4-12(17)10-19-13)11-3-6-14-15(9-11)21-8-2-7-20-14/h3-6,9-10,16,18H,2,7-8H2,1H3. The van der Waals surface area contributed by atoms with Gasteiger partial charge in [-0.2, -0.15) is 0 Å². The molecule has 0 aliphatic carbocycles. The van der Waals surface area contributed by atoms with Crippen LogP contribution in [0, 0.1) is 0 Å². The first-order valence-corrected chi connectivity index (χ1v) is 7.34. The molecule has 2 aromatic rings. The molecule has 21 heavy (non-hydrogen) atoms. The Bertz CT molecular complexity index is 616. The lowest BCUT2D eigenvalue weighted by Gasteiger charge is -2.18. The van der Waals surface area contributed by atoms with Crippen molar-refractivity contribution < 1.29 is 9.47 Å². The maximum atomic E-state index is 5.90. The van der Waals surface area contributed by atoms with Crippen LogP contribution in [0.1, 0.15) is 23.7 Å². The number of halogens is 1. The molecule has 0 spiro atoms. The number of fused-ring (bicyclic) bond motifs is 1. The van der Waals surface area contributed by atoms with Crippen LogP contribution >= 0.6 is 11.6 Å². The molecule has 1 unspecified atom stereocenters. The molecule has 0 radical (unpaired) electrons. The third-order valence-electron chi connectivity index (χ3n) is 3.44. The molecule has 0 fully saturated rings. The average Bonchev–Trinajstić information content (AvgIpc) is 2.75. The second-order valence-corrected chi connectivity index (χ2v) is 5.32. The van der Waals surface area contributed by atoms with Gasteiger partial charge in [-0.25, -0.2) is 0 Å².